The standard InChI is InChI=1S/C22H26F4N4O2/c1-13-19(29-18(31)11-21(2,3)4)28-16-6-5-9-30(20(16)27-13)12-14-7-8-17(15(23)10-14)32-22(24,25)26/h7-8,10H,5-6,9,11-12H2,1-4H3,(H,28,29,31). The number of amides is 1. The third-order valence-corrected chi connectivity index (χ3v) is 4.81. The van der Waals surface area contributed by atoms with E-state index in [-0.39, 0.29) is 17.9 Å². The van der Waals surface area contributed by atoms with Crippen LogP contribution in [0.1, 0.15) is 50.6 Å². The topological polar surface area (TPSA) is 67.4 Å². The lowest BCUT2D eigenvalue weighted by atomic mass is 9.92. The summed E-state index contributed by atoms with van der Waals surface area (Å²) in [7, 11) is 0. The normalized spacial score (nSPS) is 14.2. The number of aromatic nitrogens is 2. The third-order valence-electron chi connectivity index (χ3n) is 4.81. The highest BCUT2D eigenvalue weighted by Gasteiger charge is 2.32. The Morgan fingerprint density at radius 1 is 1.22 bits per heavy atom. The monoisotopic (exact) mass is 454 g/mol. The van der Waals surface area contributed by atoms with Crippen LogP contribution in [0.2, 0.25) is 0 Å². The molecular weight excluding hydrogens is 428 g/mol. The number of ether oxygens (including phenoxy) is 1. The number of hydrogen-bond acceptors (Lipinski definition) is 5. The number of carbonyl (C=O) groups is 1. The summed E-state index contributed by atoms with van der Waals surface area (Å²) in [5.74, 6) is -1.06. The van der Waals surface area contributed by atoms with E-state index >= 15 is 0 Å². The molecule has 0 spiro atoms. The Labute approximate surface area is 184 Å². The Bertz CT molecular complexity index is 1000. The van der Waals surface area contributed by atoms with Crippen molar-refractivity contribution in [3.63, 3.8) is 0 Å². The molecule has 3 rings (SSSR count). The fourth-order valence-corrected chi connectivity index (χ4v) is 3.51. The van der Waals surface area contributed by atoms with Gasteiger partial charge in [-0.05, 0) is 42.9 Å². The summed E-state index contributed by atoms with van der Waals surface area (Å²) in [5.41, 5.74) is 1.59. The minimum Gasteiger partial charge on any atom is -0.403 e. The number of benzene rings is 1. The number of carbonyl (C=O) groups excluding carboxylic acids is 1. The SMILES string of the molecule is Cc1nc2c(nc1NC(=O)CC(C)(C)C)CCCN2Cc1ccc(OC(F)(F)F)c(F)c1. The summed E-state index contributed by atoms with van der Waals surface area (Å²) in [6.07, 6.45) is -3.16. The van der Waals surface area contributed by atoms with Crippen LogP contribution in [0.15, 0.2) is 18.2 Å². The highest BCUT2D eigenvalue weighted by molar-refractivity contribution is 5.90. The molecule has 1 aliphatic heterocycles. The molecule has 174 valence electrons. The maximum absolute atomic E-state index is 14.1. The largest absolute Gasteiger partial charge is 0.573 e. The first-order valence-corrected chi connectivity index (χ1v) is 10.3. The number of hydrogen-bond donors (Lipinski definition) is 1. The Morgan fingerprint density at radius 3 is 2.56 bits per heavy atom. The maximum Gasteiger partial charge on any atom is 0.573 e. The zero-order valence-electron chi connectivity index (χ0n) is 18.4. The van der Waals surface area contributed by atoms with Crippen molar-refractivity contribution >= 4 is 17.5 Å². The van der Waals surface area contributed by atoms with E-state index in [4.69, 9.17) is 0 Å². The molecule has 6 nitrogen and oxygen atoms in total. The van der Waals surface area contributed by atoms with Crippen molar-refractivity contribution in [3.05, 3.63) is 41.0 Å². The molecule has 1 aromatic heterocycles. The smallest absolute Gasteiger partial charge is 0.403 e. The molecule has 2 aromatic rings. The van der Waals surface area contributed by atoms with Crippen molar-refractivity contribution < 1.29 is 27.1 Å². The summed E-state index contributed by atoms with van der Waals surface area (Å²) in [5, 5.41) is 2.83. The van der Waals surface area contributed by atoms with Crippen molar-refractivity contribution in [2.45, 2.75) is 59.9 Å². The first kappa shape index (κ1) is 23.7. The average molecular weight is 454 g/mol. The van der Waals surface area contributed by atoms with E-state index in [0.29, 0.717) is 48.0 Å². The molecule has 0 saturated carbocycles. The molecule has 32 heavy (non-hydrogen) atoms. The number of rotatable bonds is 5. The molecule has 1 aliphatic rings. The summed E-state index contributed by atoms with van der Waals surface area (Å²) in [6.45, 7) is 8.55. The number of aryl methyl sites for hydroxylation is 2. The van der Waals surface area contributed by atoms with Gasteiger partial charge in [0.15, 0.2) is 23.2 Å². The lowest BCUT2D eigenvalue weighted by molar-refractivity contribution is -0.275. The molecule has 0 fully saturated rings. The van der Waals surface area contributed by atoms with Crippen molar-refractivity contribution in [2.75, 3.05) is 16.8 Å². The molecule has 0 aliphatic carbocycles. The maximum atomic E-state index is 14.1. The lowest BCUT2D eigenvalue weighted by Crippen LogP contribution is -2.31. The van der Waals surface area contributed by atoms with Gasteiger partial charge in [-0.1, -0.05) is 26.8 Å². The van der Waals surface area contributed by atoms with Gasteiger partial charge in [-0.25, -0.2) is 14.4 Å². The van der Waals surface area contributed by atoms with Crippen LogP contribution in [0.5, 0.6) is 5.75 Å². The van der Waals surface area contributed by atoms with Crippen LogP contribution in [0, 0.1) is 18.2 Å². The van der Waals surface area contributed by atoms with Crippen LogP contribution >= 0.6 is 0 Å². The minimum absolute atomic E-state index is 0.140. The molecule has 0 unspecified atom stereocenters. The van der Waals surface area contributed by atoms with Gasteiger partial charge in [0.1, 0.15) is 0 Å². The second-order valence-corrected chi connectivity index (χ2v) is 9.05. The van der Waals surface area contributed by atoms with Gasteiger partial charge in [0, 0.05) is 19.5 Å². The van der Waals surface area contributed by atoms with Crippen molar-refractivity contribution in [1.29, 1.82) is 0 Å². The molecule has 1 N–H and O–H groups in total. The quantitative estimate of drug-likeness (QED) is 0.633. The average Bonchev–Trinajstić information content (AvgIpc) is 2.63. The van der Waals surface area contributed by atoms with Crippen molar-refractivity contribution in [2.24, 2.45) is 5.41 Å². The van der Waals surface area contributed by atoms with Crippen LogP contribution in [-0.4, -0.2) is 28.8 Å². The summed E-state index contributed by atoms with van der Waals surface area (Å²) >= 11 is 0. The second-order valence-electron chi connectivity index (χ2n) is 9.05. The van der Waals surface area contributed by atoms with E-state index in [2.05, 4.69) is 20.0 Å². The molecule has 0 saturated heterocycles. The van der Waals surface area contributed by atoms with E-state index in [1.807, 2.05) is 25.7 Å². The van der Waals surface area contributed by atoms with Gasteiger partial charge < -0.3 is 15.0 Å². The lowest BCUT2D eigenvalue weighted by Gasteiger charge is -2.30. The van der Waals surface area contributed by atoms with E-state index in [0.717, 1.165) is 18.6 Å². The van der Waals surface area contributed by atoms with Crippen molar-refractivity contribution in [1.82, 2.24) is 9.97 Å². The third kappa shape index (κ3) is 6.30. The van der Waals surface area contributed by atoms with Crippen LogP contribution in [0.25, 0.3) is 0 Å². The van der Waals surface area contributed by atoms with E-state index in [1.54, 1.807) is 6.92 Å². The van der Waals surface area contributed by atoms with E-state index < -0.39 is 17.9 Å². The van der Waals surface area contributed by atoms with E-state index in [9.17, 15) is 22.4 Å². The number of halogens is 4. The minimum atomic E-state index is -4.96. The van der Waals surface area contributed by atoms with Gasteiger partial charge in [0.05, 0.1) is 11.4 Å². The van der Waals surface area contributed by atoms with Crippen LogP contribution in [-0.2, 0) is 17.8 Å². The van der Waals surface area contributed by atoms with Crippen molar-refractivity contribution in [3.8, 4) is 5.75 Å². The van der Waals surface area contributed by atoms with Gasteiger partial charge in [0.25, 0.3) is 0 Å². The van der Waals surface area contributed by atoms with Crippen LogP contribution in [0.4, 0.5) is 29.2 Å². The Morgan fingerprint density at radius 2 is 1.94 bits per heavy atom. The number of anilines is 2. The first-order chi connectivity index (χ1) is 14.8. The first-order valence-electron chi connectivity index (χ1n) is 10.3. The van der Waals surface area contributed by atoms with Gasteiger partial charge in [-0.2, -0.15) is 0 Å². The number of nitrogens with one attached hydrogen (secondary N) is 1. The number of alkyl halides is 3. The molecular formula is C22H26F4N4O2. The molecule has 0 bridgehead atoms. The Balaban J connectivity index is 1.78. The fraction of sp³-hybridized carbons (Fsp3) is 0.500. The van der Waals surface area contributed by atoms with E-state index in [1.165, 1.54) is 6.07 Å². The van der Waals surface area contributed by atoms with Gasteiger partial charge in [-0.3, -0.25) is 4.79 Å². The molecule has 2 heterocycles. The predicted molar refractivity (Wildman–Crippen MR) is 112 cm³/mol. The molecule has 1 amide bonds. The van der Waals surface area contributed by atoms with Gasteiger partial charge >= 0.3 is 6.36 Å². The highest BCUT2D eigenvalue weighted by Crippen LogP contribution is 2.30. The second kappa shape index (κ2) is 8.91. The summed E-state index contributed by atoms with van der Waals surface area (Å²) < 4.78 is 54.8. The van der Waals surface area contributed by atoms with Crippen LogP contribution in [0.3, 0.4) is 0 Å². The summed E-state index contributed by atoms with van der Waals surface area (Å²) in [6, 6.07) is 3.38. The molecule has 0 atom stereocenters. The highest BCUT2D eigenvalue weighted by atomic mass is 19.4. The number of fused-ring (bicyclic) bond motifs is 1. The fourth-order valence-electron chi connectivity index (χ4n) is 3.51. The van der Waals surface area contributed by atoms with Gasteiger partial charge in [-0.15, -0.1) is 13.2 Å². The number of nitrogens with zero attached hydrogens (tertiary/aromatic N) is 3. The zero-order valence-corrected chi connectivity index (χ0v) is 18.4. The predicted octanol–water partition coefficient (Wildman–Crippen LogP) is 5.15. The molecule has 1 aromatic carbocycles. The van der Waals surface area contributed by atoms with Crippen LogP contribution < -0.4 is 15.0 Å². The molecule has 10 heteroatoms. The van der Waals surface area contributed by atoms with Gasteiger partial charge in [0.2, 0.25) is 5.91 Å². The summed E-state index contributed by atoms with van der Waals surface area (Å²) in [4.78, 5) is 23.4. The molecule has 0 radical (unpaired) electrons. The Hall–Kier alpha value is -2.91. The zero-order chi connectivity index (χ0) is 23.7. The Kier molecular flexibility index (Phi) is 6.61.